The van der Waals surface area contributed by atoms with Gasteiger partial charge in [-0.15, -0.1) is 15.3 Å². The molecule has 1 aromatic heterocycles. The fourth-order valence-corrected chi connectivity index (χ4v) is 3.42. The molecule has 4 aromatic carbocycles. The predicted octanol–water partition coefficient (Wildman–Crippen LogP) is 7.68. The molecule has 11 heteroatoms. The number of rotatable bonds is 5. The highest BCUT2D eigenvalue weighted by molar-refractivity contribution is 6.31. The Morgan fingerprint density at radius 3 is 2.39 bits per heavy atom. The first-order valence-electron chi connectivity index (χ1n) is 11.2. The number of nitrogens with zero attached hydrogens (tertiary/aromatic N) is 6. The van der Waals surface area contributed by atoms with Crippen LogP contribution in [0, 0.1) is 29.9 Å². The lowest BCUT2D eigenvalue weighted by Crippen LogP contribution is -1.99. The van der Waals surface area contributed by atoms with Gasteiger partial charge in [0, 0.05) is 11.1 Å². The highest BCUT2D eigenvalue weighted by atomic mass is 35.5. The number of benzene rings is 4. The maximum absolute atomic E-state index is 13.2. The molecule has 0 amide bonds. The van der Waals surface area contributed by atoms with Crippen LogP contribution in [-0.4, -0.2) is 15.4 Å². The summed E-state index contributed by atoms with van der Waals surface area (Å²) in [6, 6.07) is 25.3. The van der Waals surface area contributed by atoms with E-state index in [4.69, 9.17) is 16.9 Å². The fraction of sp³-hybridized carbons (Fsp3) is 0.0370. The summed E-state index contributed by atoms with van der Waals surface area (Å²) in [5.41, 5.74) is 6.10. The van der Waals surface area contributed by atoms with Crippen LogP contribution in [0.4, 0.5) is 31.7 Å². The summed E-state index contributed by atoms with van der Waals surface area (Å²) < 4.78 is 26.2. The first-order valence-corrected chi connectivity index (χ1v) is 11.5. The van der Waals surface area contributed by atoms with Gasteiger partial charge in [-0.3, -0.25) is 5.43 Å². The normalized spacial score (nSPS) is 10.5. The van der Waals surface area contributed by atoms with E-state index in [0.29, 0.717) is 28.3 Å². The van der Waals surface area contributed by atoms with Crippen LogP contribution in [-0.2, 0) is 0 Å². The van der Waals surface area contributed by atoms with Crippen LogP contribution in [0.2, 0.25) is 5.02 Å². The van der Waals surface area contributed by atoms with Crippen LogP contribution in [0.3, 0.4) is 0 Å². The van der Waals surface area contributed by atoms with Crippen LogP contribution in [0.5, 0.6) is 0 Å². The molecule has 0 fully saturated rings. The van der Waals surface area contributed by atoms with E-state index in [1.807, 2.05) is 30.3 Å². The van der Waals surface area contributed by atoms with Crippen molar-refractivity contribution in [2.45, 2.75) is 6.92 Å². The third-order valence-corrected chi connectivity index (χ3v) is 5.45. The fourth-order valence-electron chi connectivity index (χ4n) is 3.24. The summed E-state index contributed by atoms with van der Waals surface area (Å²) in [6.07, 6.45) is 0. The Morgan fingerprint density at radius 1 is 0.868 bits per heavy atom. The van der Waals surface area contributed by atoms with Crippen LogP contribution >= 0.6 is 11.6 Å². The van der Waals surface area contributed by atoms with Gasteiger partial charge in [0.1, 0.15) is 23.4 Å². The Morgan fingerprint density at radius 2 is 1.61 bits per heavy atom. The van der Waals surface area contributed by atoms with E-state index in [1.165, 1.54) is 24.3 Å². The van der Waals surface area contributed by atoms with Gasteiger partial charge in [0.15, 0.2) is 5.82 Å². The van der Waals surface area contributed by atoms with Gasteiger partial charge in [0.25, 0.3) is 0 Å². The Bertz CT molecular complexity index is 1650. The average Bonchev–Trinajstić information content (AvgIpc) is 2.93. The second-order valence-corrected chi connectivity index (χ2v) is 8.22. The number of hydrogen-bond acceptors (Lipinski definition) is 7. The number of aromatic nitrogens is 3. The summed E-state index contributed by atoms with van der Waals surface area (Å²) in [5, 5.41) is 32.1. The third kappa shape index (κ3) is 6.60. The minimum Gasteiger partial charge on any atom is -0.338 e. The van der Waals surface area contributed by atoms with Crippen molar-refractivity contribution in [3.63, 3.8) is 0 Å². The van der Waals surface area contributed by atoms with Crippen LogP contribution in [0.25, 0.3) is 10.9 Å². The van der Waals surface area contributed by atoms with E-state index in [2.05, 4.69) is 36.5 Å². The smallest absolute Gasteiger partial charge is 0.164 e. The number of anilines is 3. The summed E-state index contributed by atoms with van der Waals surface area (Å²) in [7, 11) is 0. The van der Waals surface area contributed by atoms with Crippen molar-refractivity contribution in [3.05, 3.63) is 113 Å². The van der Waals surface area contributed by atoms with Crippen molar-refractivity contribution in [3.8, 4) is 6.07 Å². The molecule has 8 nitrogen and oxygen atoms in total. The zero-order valence-electron chi connectivity index (χ0n) is 19.9. The molecule has 0 aliphatic carbocycles. The molecule has 0 saturated carbocycles. The molecule has 0 bridgehead atoms. The Balaban J connectivity index is 0.000000177. The number of fused-ring (bicyclic) bond motifs is 1. The maximum atomic E-state index is 13.2. The van der Waals surface area contributed by atoms with Crippen LogP contribution in [0.15, 0.2) is 95.3 Å². The topological polar surface area (TPSA) is 111 Å². The van der Waals surface area contributed by atoms with Crippen molar-refractivity contribution in [2.24, 2.45) is 10.3 Å². The minimum absolute atomic E-state index is 0.00220. The van der Waals surface area contributed by atoms with E-state index in [0.717, 1.165) is 16.6 Å². The number of halogens is 3. The van der Waals surface area contributed by atoms with Gasteiger partial charge in [0.05, 0.1) is 21.8 Å². The quantitative estimate of drug-likeness (QED) is 0.179. The summed E-state index contributed by atoms with van der Waals surface area (Å²) in [4.78, 5) is 0. The third-order valence-electron chi connectivity index (χ3n) is 5.16. The average molecular weight is 529 g/mol. The van der Waals surface area contributed by atoms with Crippen molar-refractivity contribution >= 4 is 45.4 Å². The van der Waals surface area contributed by atoms with Gasteiger partial charge in [-0.1, -0.05) is 41.1 Å². The number of hydrogen-bond donors (Lipinski definition) is 2. The molecule has 0 aliphatic rings. The Labute approximate surface area is 221 Å². The SMILES string of the molecule is Cc1cc(Nc2nnnc3ccccc23)ccc1F.N#Cc1ccccc1N=NNc1ccc(F)c(Cl)c1. The van der Waals surface area contributed by atoms with Gasteiger partial charge in [-0.05, 0) is 78.4 Å². The van der Waals surface area contributed by atoms with Crippen molar-refractivity contribution in [1.29, 1.82) is 5.26 Å². The van der Waals surface area contributed by atoms with Gasteiger partial charge in [0.2, 0.25) is 0 Å². The van der Waals surface area contributed by atoms with Crippen LogP contribution < -0.4 is 10.7 Å². The molecular weight excluding hydrogens is 510 g/mol. The summed E-state index contributed by atoms with van der Waals surface area (Å²) in [6.45, 7) is 1.72. The molecule has 188 valence electrons. The molecule has 0 aliphatic heterocycles. The molecule has 38 heavy (non-hydrogen) atoms. The molecule has 5 rings (SSSR count). The lowest BCUT2D eigenvalue weighted by atomic mass is 10.2. The zero-order chi connectivity index (χ0) is 26.9. The highest BCUT2D eigenvalue weighted by Gasteiger charge is 2.06. The lowest BCUT2D eigenvalue weighted by Gasteiger charge is -2.08. The molecule has 0 saturated heterocycles. The molecule has 0 unspecified atom stereocenters. The minimum atomic E-state index is -0.501. The standard InChI is InChI=1S/C14H11FN4.C13H8ClFN4/c1-9-8-10(6-7-12(9)15)16-14-11-4-2-3-5-13(11)17-19-18-14;14-11-7-10(5-6-12(11)15)17-19-18-13-4-2-1-3-9(13)8-16/h2-8H,1H3,(H,16,17,18);1-7H,(H,17,18). The molecular formula is C27H19ClF2N8. The van der Waals surface area contributed by atoms with E-state index in [1.54, 1.807) is 43.3 Å². The summed E-state index contributed by atoms with van der Waals surface area (Å²) in [5.74, 6) is -0.119. The summed E-state index contributed by atoms with van der Waals surface area (Å²) >= 11 is 5.63. The van der Waals surface area contributed by atoms with Gasteiger partial charge in [-0.2, -0.15) is 5.26 Å². The molecule has 5 aromatic rings. The first-order chi connectivity index (χ1) is 18.4. The lowest BCUT2D eigenvalue weighted by molar-refractivity contribution is 0.619. The Hall–Kier alpha value is -5.01. The molecule has 1 heterocycles. The first kappa shape index (κ1) is 26.1. The molecule has 0 radical (unpaired) electrons. The second kappa shape index (κ2) is 12.3. The predicted molar refractivity (Wildman–Crippen MR) is 142 cm³/mol. The number of nitrogens with one attached hydrogen (secondary N) is 2. The maximum Gasteiger partial charge on any atom is 0.164 e. The van der Waals surface area contributed by atoms with E-state index in [-0.39, 0.29) is 10.8 Å². The van der Waals surface area contributed by atoms with E-state index >= 15 is 0 Å². The second-order valence-electron chi connectivity index (χ2n) is 7.81. The molecule has 2 N–H and O–H groups in total. The van der Waals surface area contributed by atoms with Crippen molar-refractivity contribution in [1.82, 2.24) is 15.4 Å². The monoisotopic (exact) mass is 528 g/mol. The van der Waals surface area contributed by atoms with Crippen molar-refractivity contribution < 1.29 is 8.78 Å². The van der Waals surface area contributed by atoms with Gasteiger partial charge < -0.3 is 5.32 Å². The molecule has 0 spiro atoms. The Kier molecular flexibility index (Phi) is 8.43. The van der Waals surface area contributed by atoms with Crippen molar-refractivity contribution in [2.75, 3.05) is 10.7 Å². The molecule has 0 atom stereocenters. The van der Waals surface area contributed by atoms with E-state index < -0.39 is 5.82 Å². The number of aryl methyl sites for hydroxylation is 1. The highest BCUT2D eigenvalue weighted by Crippen LogP contribution is 2.23. The van der Waals surface area contributed by atoms with Crippen LogP contribution in [0.1, 0.15) is 11.1 Å². The van der Waals surface area contributed by atoms with E-state index in [9.17, 15) is 8.78 Å². The largest absolute Gasteiger partial charge is 0.338 e. The van der Waals surface area contributed by atoms with Gasteiger partial charge >= 0.3 is 0 Å². The zero-order valence-corrected chi connectivity index (χ0v) is 20.7. The van der Waals surface area contributed by atoms with Gasteiger partial charge in [-0.25, -0.2) is 8.78 Å². The number of nitriles is 1.